The molecule has 0 saturated carbocycles. The highest BCUT2D eigenvalue weighted by Gasteiger charge is 2.17. The predicted octanol–water partition coefficient (Wildman–Crippen LogP) is 2.30. The van der Waals surface area contributed by atoms with Crippen LogP contribution in [0.15, 0.2) is 36.4 Å². The van der Waals surface area contributed by atoms with Crippen LogP contribution in [0.25, 0.3) is 0 Å². The summed E-state index contributed by atoms with van der Waals surface area (Å²) >= 11 is 0. The van der Waals surface area contributed by atoms with Crippen LogP contribution in [0.4, 0.5) is 17.5 Å². The molecule has 5 heteroatoms. The van der Waals surface area contributed by atoms with Gasteiger partial charge >= 0.3 is 0 Å². The predicted molar refractivity (Wildman–Crippen MR) is 91.0 cm³/mol. The first-order valence-corrected chi connectivity index (χ1v) is 7.71. The van der Waals surface area contributed by atoms with E-state index >= 15 is 0 Å². The summed E-state index contributed by atoms with van der Waals surface area (Å²) in [7, 11) is 4.18. The van der Waals surface area contributed by atoms with Gasteiger partial charge in [-0.25, -0.2) is 4.98 Å². The summed E-state index contributed by atoms with van der Waals surface area (Å²) in [5, 5.41) is 0. The molecule has 0 unspecified atom stereocenters. The number of hydrogen-bond acceptors (Lipinski definition) is 5. The van der Waals surface area contributed by atoms with Crippen LogP contribution in [0.2, 0.25) is 0 Å². The van der Waals surface area contributed by atoms with Crippen molar-refractivity contribution in [2.75, 3.05) is 50.1 Å². The number of likely N-dealkylation sites (N-methyl/N-ethyl adjacent to an activating group) is 1. The highest BCUT2D eigenvalue weighted by Crippen LogP contribution is 2.23. The molecule has 0 amide bonds. The number of benzene rings is 1. The first-order valence-electron chi connectivity index (χ1n) is 7.71. The second-order valence-electron chi connectivity index (χ2n) is 5.85. The molecule has 1 aliphatic heterocycles. The summed E-state index contributed by atoms with van der Waals surface area (Å²) < 4.78 is 0. The maximum atomic E-state index is 4.78. The fraction of sp³-hybridized carbons (Fsp3) is 0.412. The molecular formula is C17H23N5. The van der Waals surface area contributed by atoms with E-state index in [0.717, 1.165) is 49.3 Å². The molecule has 5 nitrogen and oxygen atoms in total. The van der Waals surface area contributed by atoms with E-state index in [4.69, 9.17) is 4.98 Å². The molecule has 2 heterocycles. The molecule has 1 saturated heterocycles. The van der Waals surface area contributed by atoms with Crippen LogP contribution in [-0.2, 0) is 0 Å². The zero-order valence-corrected chi connectivity index (χ0v) is 13.5. The monoisotopic (exact) mass is 297 g/mol. The molecule has 0 N–H and O–H groups in total. The third-order valence-electron chi connectivity index (χ3n) is 4.10. The lowest BCUT2D eigenvalue weighted by Crippen LogP contribution is -2.45. The lowest BCUT2D eigenvalue weighted by Gasteiger charge is -2.33. The highest BCUT2D eigenvalue weighted by molar-refractivity contribution is 5.58. The van der Waals surface area contributed by atoms with Gasteiger partial charge in [0.25, 0.3) is 0 Å². The van der Waals surface area contributed by atoms with Gasteiger partial charge in [-0.05, 0) is 26.1 Å². The summed E-state index contributed by atoms with van der Waals surface area (Å²) in [5.41, 5.74) is 2.10. The number of rotatable bonds is 3. The standard InChI is InChI=1S/C17H23N5/c1-14-13-16(22-11-9-20(2)10-12-22)19-17(18-14)21(3)15-7-5-4-6-8-15/h4-8,13H,9-12H2,1-3H3. The minimum atomic E-state index is 0.750. The first kappa shape index (κ1) is 14.8. The number of nitrogens with zero attached hydrogens (tertiary/aromatic N) is 5. The topological polar surface area (TPSA) is 35.5 Å². The number of aromatic nitrogens is 2. The van der Waals surface area contributed by atoms with E-state index in [1.165, 1.54) is 0 Å². The molecule has 1 aliphatic rings. The summed E-state index contributed by atoms with van der Waals surface area (Å²) in [4.78, 5) is 16.1. The average Bonchev–Trinajstić information content (AvgIpc) is 2.55. The molecule has 0 aliphatic carbocycles. The normalized spacial score (nSPS) is 15.9. The maximum Gasteiger partial charge on any atom is 0.231 e. The van der Waals surface area contributed by atoms with E-state index in [9.17, 15) is 0 Å². The number of para-hydroxylation sites is 1. The van der Waals surface area contributed by atoms with Gasteiger partial charge in [0.1, 0.15) is 5.82 Å². The summed E-state index contributed by atoms with van der Waals surface area (Å²) in [6, 6.07) is 12.3. The Morgan fingerprint density at radius 1 is 1.00 bits per heavy atom. The minimum absolute atomic E-state index is 0.750. The number of aryl methyl sites for hydroxylation is 1. The van der Waals surface area contributed by atoms with Gasteiger partial charge in [0.15, 0.2) is 0 Å². The fourth-order valence-electron chi connectivity index (χ4n) is 2.65. The van der Waals surface area contributed by atoms with Crippen LogP contribution >= 0.6 is 0 Å². The van der Waals surface area contributed by atoms with Gasteiger partial charge in [0.2, 0.25) is 5.95 Å². The van der Waals surface area contributed by atoms with E-state index in [1.807, 2.05) is 37.1 Å². The molecule has 0 bridgehead atoms. The van der Waals surface area contributed by atoms with Gasteiger partial charge in [-0.2, -0.15) is 4.98 Å². The largest absolute Gasteiger partial charge is 0.354 e. The second-order valence-corrected chi connectivity index (χ2v) is 5.85. The molecule has 3 rings (SSSR count). The van der Waals surface area contributed by atoms with Gasteiger partial charge in [-0.3, -0.25) is 0 Å². The van der Waals surface area contributed by atoms with Gasteiger partial charge in [-0.15, -0.1) is 0 Å². The van der Waals surface area contributed by atoms with E-state index in [-0.39, 0.29) is 0 Å². The highest BCUT2D eigenvalue weighted by atomic mass is 15.3. The SMILES string of the molecule is Cc1cc(N2CCN(C)CC2)nc(N(C)c2ccccc2)n1. The average molecular weight is 297 g/mol. The van der Waals surface area contributed by atoms with E-state index in [0.29, 0.717) is 0 Å². The van der Waals surface area contributed by atoms with Crippen LogP contribution in [-0.4, -0.2) is 55.1 Å². The Bertz CT molecular complexity index is 620. The van der Waals surface area contributed by atoms with E-state index in [1.54, 1.807) is 0 Å². The van der Waals surface area contributed by atoms with Crippen molar-refractivity contribution in [2.45, 2.75) is 6.92 Å². The smallest absolute Gasteiger partial charge is 0.231 e. The van der Waals surface area contributed by atoms with Crippen molar-refractivity contribution in [3.05, 3.63) is 42.1 Å². The molecule has 0 atom stereocenters. The Morgan fingerprint density at radius 3 is 2.36 bits per heavy atom. The van der Waals surface area contributed by atoms with Crippen molar-refractivity contribution in [1.82, 2.24) is 14.9 Å². The van der Waals surface area contributed by atoms with Crippen molar-refractivity contribution >= 4 is 17.5 Å². The zero-order chi connectivity index (χ0) is 15.5. The summed E-state index contributed by atoms with van der Waals surface area (Å²) in [5.74, 6) is 1.78. The molecule has 0 spiro atoms. The van der Waals surface area contributed by atoms with Gasteiger partial charge in [-0.1, -0.05) is 18.2 Å². The van der Waals surface area contributed by atoms with E-state index in [2.05, 4.69) is 40.0 Å². The Kier molecular flexibility index (Phi) is 4.24. The molecule has 1 aromatic heterocycles. The molecule has 116 valence electrons. The van der Waals surface area contributed by atoms with Gasteiger partial charge in [0, 0.05) is 50.7 Å². The Hall–Kier alpha value is -2.14. The number of piperazine rings is 1. The van der Waals surface area contributed by atoms with Crippen LogP contribution in [0.1, 0.15) is 5.69 Å². The van der Waals surface area contributed by atoms with Crippen molar-refractivity contribution < 1.29 is 0 Å². The second kappa shape index (κ2) is 6.32. The van der Waals surface area contributed by atoms with E-state index < -0.39 is 0 Å². The zero-order valence-electron chi connectivity index (χ0n) is 13.5. The Labute approximate surface area is 132 Å². The maximum absolute atomic E-state index is 4.78. The lowest BCUT2D eigenvalue weighted by molar-refractivity contribution is 0.312. The summed E-state index contributed by atoms with van der Waals surface area (Å²) in [6.45, 7) is 6.21. The molecule has 1 fully saturated rings. The number of anilines is 3. The summed E-state index contributed by atoms with van der Waals surface area (Å²) in [6.07, 6.45) is 0. The quantitative estimate of drug-likeness (QED) is 0.869. The van der Waals surface area contributed by atoms with Crippen LogP contribution in [0.3, 0.4) is 0 Å². The van der Waals surface area contributed by atoms with Crippen molar-refractivity contribution in [3.8, 4) is 0 Å². The number of hydrogen-bond donors (Lipinski definition) is 0. The van der Waals surface area contributed by atoms with Gasteiger partial charge < -0.3 is 14.7 Å². The Morgan fingerprint density at radius 2 is 1.68 bits per heavy atom. The first-order chi connectivity index (χ1) is 10.6. The van der Waals surface area contributed by atoms with Crippen LogP contribution < -0.4 is 9.80 Å². The van der Waals surface area contributed by atoms with Crippen LogP contribution in [0, 0.1) is 6.92 Å². The van der Waals surface area contributed by atoms with Crippen molar-refractivity contribution in [3.63, 3.8) is 0 Å². The third-order valence-corrected chi connectivity index (χ3v) is 4.10. The molecule has 2 aromatic rings. The molecule has 0 radical (unpaired) electrons. The minimum Gasteiger partial charge on any atom is -0.354 e. The fourth-order valence-corrected chi connectivity index (χ4v) is 2.65. The van der Waals surface area contributed by atoms with Crippen molar-refractivity contribution in [1.29, 1.82) is 0 Å². The van der Waals surface area contributed by atoms with Crippen LogP contribution in [0.5, 0.6) is 0 Å². The molecular weight excluding hydrogens is 274 g/mol. The molecule has 1 aromatic carbocycles. The third kappa shape index (κ3) is 3.20. The van der Waals surface area contributed by atoms with Crippen molar-refractivity contribution in [2.24, 2.45) is 0 Å². The Balaban J connectivity index is 1.87. The van der Waals surface area contributed by atoms with Gasteiger partial charge in [0.05, 0.1) is 0 Å². The molecule has 22 heavy (non-hydrogen) atoms. The lowest BCUT2D eigenvalue weighted by atomic mass is 10.3.